The number of carbonyl (C=O) groups excluding carboxylic acids is 2. The van der Waals surface area contributed by atoms with Crippen molar-refractivity contribution in [1.29, 1.82) is 0 Å². The fraction of sp³-hybridized carbons (Fsp3) is 0.310. The Bertz CT molecular complexity index is 1400. The van der Waals surface area contributed by atoms with Gasteiger partial charge in [-0.25, -0.2) is 4.79 Å². The number of thiophene rings is 1. The molecule has 0 saturated carbocycles. The van der Waals surface area contributed by atoms with Crippen molar-refractivity contribution < 1.29 is 14.3 Å². The van der Waals surface area contributed by atoms with Crippen LogP contribution in [0.3, 0.4) is 0 Å². The van der Waals surface area contributed by atoms with Crippen LogP contribution in [0.25, 0.3) is 10.9 Å². The fourth-order valence-corrected chi connectivity index (χ4v) is 6.91. The van der Waals surface area contributed by atoms with Crippen LogP contribution < -0.4 is 5.32 Å². The SMILES string of the molecule is CCOC(=O)c1c(NC(=O)CSc2cn(Cc3ccc(C)cc3)c3ccccc23)sc2c1CCCC2. The highest BCUT2D eigenvalue weighted by Gasteiger charge is 2.27. The van der Waals surface area contributed by atoms with Gasteiger partial charge in [-0.3, -0.25) is 4.79 Å². The van der Waals surface area contributed by atoms with Crippen molar-refractivity contribution in [3.8, 4) is 0 Å². The summed E-state index contributed by atoms with van der Waals surface area (Å²) in [6.07, 6.45) is 6.14. The van der Waals surface area contributed by atoms with Gasteiger partial charge in [0.05, 0.1) is 17.9 Å². The molecule has 0 bridgehead atoms. The lowest BCUT2D eigenvalue weighted by molar-refractivity contribution is -0.113. The second-order valence-corrected chi connectivity index (χ2v) is 11.2. The summed E-state index contributed by atoms with van der Waals surface area (Å²) in [6.45, 7) is 4.99. The molecular weight excluding hydrogens is 488 g/mol. The van der Waals surface area contributed by atoms with E-state index >= 15 is 0 Å². The Morgan fingerprint density at radius 3 is 2.67 bits per heavy atom. The van der Waals surface area contributed by atoms with Crippen molar-refractivity contribution in [1.82, 2.24) is 4.57 Å². The van der Waals surface area contributed by atoms with E-state index in [-0.39, 0.29) is 17.6 Å². The van der Waals surface area contributed by atoms with Crippen LogP contribution in [0.5, 0.6) is 0 Å². The Kier molecular flexibility index (Phi) is 7.48. The number of fused-ring (bicyclic) bond motifs is 2. The Labute approximate surface area is 219 Å². The number of rotatable bonds is 8. The zero-order valence-corrected chi connectivity index (χ0v) is 22.3. The minimum atomic E-state index is -0.334. The number of nitrogens with one attached hydrogen (secondary N) is 1. The van der Waals surface area contributed by atoms with Gasteiger partial charge in [-0.2, -0.15) is 0 Å². The maximum absolute atomic E-state index is 13.0. The second-order valence-electron chi connectivity index (χ2n) is 9.10. The molecule has 7 heteroatoms. The summed E-state index contributed by atoms with van der Waals surface area (Å²) < 4.78 is 7.56. The monoisotopic (exact) mass is 518 g/mol. The third kappa shape index (κ3) is 5.22. The molecule has 186 valence electrons. The molecule has 2 aromatic carbocycles. The molecule has 5 rings (SSSR count). The third-order valence-electron chi connectivity index (χ3n) is 6.49. The number of esters is 1. The summed E-state index contributed by atoms with van der Waals surface area (Å²) in [6, 6.07) is 16.9. The molecule has 0 atom stereocenters. The molecule has 0 saturated heterocycles. The molecule has 0 spiro atoms. The van der Waals surface area contributed by atoms with Crippen molar-refractivity contribution >= 4 is 50.9 Å². The highest BCUT2D eigenvalue weighted by atomic mass is 32.2. The second kappa shape index (κ2) is 10.9. The number of thioether (sulfide) groups is 1. The first-order valence-electron chi connectivity index (χ1n) is 12.4. The fourth-order valence-electron chi connectivity index (χ4n) is 4.73. The van der Waals surface area contributed by atoms with Gasteiger partial charge in [0, 0.05) is 33.4 Å². The van der Waals surface area contributed by atoms with E-state index in [9.17, 15) is 9.59 Å². The zero-order valence-electron chi connectivity index (χ0n) is 20.6. The maximum Gasteiger partial charge on any atom is 0.341 e. The number of hydrogen-bond donors (Lipinski definition) is 1. The summed E-state index contributed by atoms with van der Waals surface area (Å²) in [5.41, 5.74) is 5.26. The molecule has 0 fully saturated rings. The van der Waals surface area contributed by atoms with Gasteiger partial charge < -0.3 is 14.6 Å². The molecule has 2 heterocycles. The maximum atomic E-state index is 13.0. The van der Waals surface area contributed by atoms with Crippen molar-refractivity contribution in [2.24, 2.45) is 0 Å². The van der Waals surface area contributed by atoms with Crippen LogP contribution in [0.4, 0.5) is 5.00 Å². The Morgan fingerprint density at radius 1 is 1.08 bits per heavy atom. The van der Waals surface area contributed by atoms with Gasteiger partial charge in [0.25, 0.3) is 0 Å². The van der Waals surface area contributed by atoms with Crippen LogP contribution in [-0.4, -0.2) is 28.8 Å². The number of benzene rings is 2. The Hall–Kier alpha value is -3.03. The number of aromatic nitrogens is 1. The number of carbonyl (C=O) groups is 2. The molecule has 0 aliphatic heterocycles. The van der Waals surface area contributed by atoms with E-state index < -0.39 is 0 Å². The van der Waals surface area contributed by atoms with Gasteiger partial charge in [-0.1, -0.05) is 48.0 Å². The van der Waals surface area contributed by atoms with Crippen LogP contribution in [0, 0.1) is 6.92 Å². The lowest BCUT2D eigenvalue weighted by Gasteiger charge is -2.12. The summed E-state index contributed by atoms with van der Waals surface area (Å²) in [5.74, 6) is -0.179. The molecule has 0 unspecified atom stereocenters. The number of ether oxygens (including phenoxy) is 1. The van der Waals surface area contributed by atoms with E-state index in [0.717, 1.165) is 53.6 Å². The number of amides is 1. The van der Waals surface area contributed by atoms with Gasteiger partial charge in [0.1, 0.15) is 5.00 Å². The highest BCUT2D eigenvalue weighted by molar-refractivity contribution is 8.00. The largest absolute Gasteiger partial charge is 0.462 e. The van der Waals surface area contributed by atoms with Crippen LogP contribution in [0.15, 0.2) is 59.6 Å². The summed E-state index contributed by atoms with van der Waals surface area (Å²) in [5, 5.41) is 4.80. The Morgan fingerprint density at radius 2 is 1.86 bits per heavy atom. The summed E-state index contributed by atoms with van der Waals surface area (Å²) in [4.78, 5) is 28.0. The van der Waals surface area contributed by atoms with E-state index in [1.54, 1.807) is 6.92 Å². The van der Waals surface area contributed by atoms with Crippen LogP contribution >= 0.6 is 23.1 Å². The van der Waals surface area contributed by atoms with Crippen molar-refractivity contribution in [2.45, 2.75) is 51.0 Å². The standard InChI is InChI=1S/C29H30N2O3S2/c1-3-34-29(33)27-22-9-5-7-11-24(22)36-28(27)30-26(32)18-35-25-17-31(23-10-6-4-8-21(23)25)16-20-14-12-19(2)13-15-20/h4,6,8,10,12-15,17H,3,5,7,9,11,16,18H2,1-2H3,(H,30,32). The van der Waals surface area contributed by atoms with E-state index in [1.165, 1.54) is 39.1 Å². The predicted molar refractivity (Wildman–Crippen MR) is 148 cm³/mol. The topological polar surface area (TPSA) is 60.3 Å². The molecule has 1 aliphatic rings. The van der Waals surface area contributed by atoms with E-state index in [0.29, 0.717) is 17.2 Å². The quantitative estimate of drug-likeness (QED) is 0.205. The average Bonchev–Trinajstić information content (AvgIpc) is 3.42. The molecule has 1 N–H and O–H groups in total. The van der Waals surface area contributed by atoms with Crippen molar-refractivity contribution in [3.05, 3.63) is 81.9 Å². The average molecular weight is 519 g/mol. The first-order valence-corrected chi connectivity index (χ1v) is 14.2. The molecule has 0 radical (unpaired) electrons. The first kappa shape index (κ1) is 24.7. The normalized spacial score (nSPS) is 12.9. The number of nitrogens with zero attached hydrogens (tertiary/aromatic N) is 1. The Balaban J connectivity index is 1.33. The van der Waals surface area contributed by atoms with Crippen LogP contribution in [0.2, 0.25) is 0 Å². The minimum Gasteiger partial charge on any atom is -0.462 e. The van der Waals surface area contributed by atoms with Gasteiger partial charge >= 0.3 is 5.97 Å². The summed E-state index contributed by atoms with van der Waals surface area (Å²) in [7, 11) is 0. The lowest BCUT2D eigenvalue weighted by atomic mass is 9.95. The van der Waals surface area contributed by atoms with E-state index in [4.69, 9.17) is 4.74 Å². The zero-order chi connectivity index (χ0) is 25.1. The summed E-state index contributed by atoms with van der Waals surface area (Å²) >= 11 is 3.05. The van der Waals surface area contributed by atoms with Crippen molar-refractivity contribution in [3.63, 3.8) is 0 Å². The highest BCUT2D eigenvalue weighted by Crippen LogP contribution is 2.39. The van der Waals surface area contributed by atoms with Crippen LogP contribution in [-0.2, 0) is 28.9 Å². The molecular formula is C29H30N2O3S2. The molecule has 5 nitrogen and oxygen atoms in total. The molecule has 1 amide bonds. The molecule has 2 aromatic heterocycles. The molecule has 1 aliphatic carbocycles. The predicted octanol–water partition coefficient (Wildman–Crippen LogP) is 6.85. The van der Waals surface area contributed by atoms with Gasteiger partial charge in [0.2, 0.25) is 5.91 Å². The number of hydrogen-bond acceptors (Lipinski definition) is 5. The van der Waals surface area contributed by atoms with E-state index in [1.807, 2.05) is 12.1 Å². The van der Waals surface area contributed by atoms with E-state index in [2.05, 4.69) is 59.4 Å². The third-order valence-corrected chi connectivity index (χ3v) is 8.74. The smallest absolute Gasteiger partial charge is 0.341 e. The lowest BCUT2D eigenvalue weighted by Crippen LogP contribution is -2.17. The molecule has 4 aromatic rings. The van der Waals surface area contributed by atoms with Gasteiger partial charge in [-0.15, -0.1) is 23.1 Å². The minimum absolute atomic E-state index is 0.112. The van der Waals surface area contributed by atoms with Crippen molar-refractivity contribution in [2.75, 3.05) is 17.7 Å². The number of aryl methyl sites for hydroxylation is 2. The van der Waals surface area contributed by atoms with Crippen LogP contribution in [0.1, 0.15) is 51.7 Å². The molecule has 36 heavy (non-hydrogen) atoms. The number of anilines is 1. The van der Waals surface area contributed by atoms with Gasteiger partial charge in [0.15, 0.2) is 0 Å². The number of para-hydroxylation sites is 1. The first-order chi connectivity index (χ1) is 17.5. The van der Waals surface area contributed by atoms with Gasteiger partial charge in [-0.05, 0) is 56.7 Å².